The van der Waals surface area contributed by atoms with Gasteiger partial charge in [0.15, 0.2) is 5.82 Å². The van der Waals surface area contributed by atoms with Crippen molar-refractivity contribution >= 4 is 23.0 Å². The minimum absolute atomic E-state index is 0.629. The number of nitrogens with zero attached hydrogens (tertiary/aromatic N) is 4. The lowest BCUT2D eigenvalue weighted by Crippen LogP contribution is -2.11. The lowest BCUT2D eigenvalue weighted by Gasteiger charge is -2.17. The van der Waals surface area contributed by atoms with Crippen LogP contribution in [-0.4, -0.2) is 34.3 Å². The second kappa shape index (κ2) is 7.32. The molecule has 28 heavy (non-hydrogen) atoms. The molecule has 0 aliphatic heterocycles. The fourth-order valence-corrected chi connectivity index (χ4v) is 3.19. The second-order valence-corrected chi connectivity index (χ2v) is 7.04. The van der Waals surface area contributed by atoms with Crippen LogP contribution in [-0.2, 0) is 0 Å². The minimum Gasteiger partial charge on any atom is -0.399 e. The summed E-state index contributed by atoms with van der Waals surface area (Å²) in [6, 6.07) is 15.2. The quantitative estimate of drug-likeness (QED) is 0.501. The van der Waals surface area contributed by atoms with Gasteiger partial charge in [0.05, 0.1) is 17.6 Å². The highest BCUT2D eigenvalue weighted by Gasteiger charge is 2.15. The molecule has 0 saturated heterocycles. The summed E-state index contributed by atoms with van der Waals surface area (Å²) >= 11 is 6.01. The summed E-state index contributed by atoms with van der Waals surface area (Å²) in [5.41, 5.74) is 12.1. The van der Waals surface area contributed by atoms with Crippen molar-refractivity contribution in [1.29, 1.82) is 0 Å². The maximum atomic E-state index is 6.01. The van der Waals surface area contributed by atoms with Crippen molar-refractivity contribution in [3.8, 4) is 33.9 Å². The average Bonchev–Trinajstić information content (AvgIpc) is 3.18. The van der Waals surface area contributed by atoms with Gasteiger partial charge in [-0.25, -0.2) is 9.97 Å². The molecule has 2 aromatic heterocycles. The Morgan fingerprint density at radius 2 is 1.79 bits per heavy atom. The van der Waals surface area contributed by atoms with E-state index in [1.54, 1.807) is 12.4 Å². The van der Waals surface area contributed by atoms with Gasteiger partial charge < -0.3 is 10.6 Å². The molecule has 4 rings (SSSR count). The van der Waals surface area contributed by atoms with Crippen molar-refractivity contribution in [2.75, 3.05) is 24.7 Å². The predicted octanol–water partition coefficient (Wildman–Crippen LogP) is 4.50. The van der Waals surface area contributed by atoms with Crippen LogP contribution in [0.1, 0.15) is 0 Å². The number of nitrogens with two attached hydrogens (primary N) is 1. The molecular formula is C21H19ClN6. The minimum atomic E-state index is 0.629. The molecule has 0 fully saturated rings. The smallest absolute Gasteiger partial charge is 0.161 e. The Morgan fingerprint density at radius 3 is 2.54 bits per heavy atom. The Labute approximate surface area is 168 Å². The molecule has 0 unspecified atom stereocenters. The molecule has 140 valence electrons. The number of nitrogens with one attached hydrogen (secondary N) is 1. The molecule has 0 amide bonds. The van der Waals surface area contributed by atoms with Crippen molar-refractivity contribution in [3.05, 3.63) is 65.9 Å². The number of aromatic amines is 1. The Hall–Kier alpha value is -3.38. The summed E-state index contributed by atoms with van der Waals surface area (Å²) in [4.78, 5) is 11.3. The van der Waals surface area contributed by atoms with Crippen LogP contribution in [0, 0.1) is 0 Å². The summed E-state index contributed by atoms with van der Waals surface area (Å²) in [7, 11) is 3.94. The molecular weight excluding hydrogens is 372 g/mol. The van der Waals surface area contributed by atoms with E-state index in [0.29, 0.717) is 16.5 Å². The van der Waals surface area contributed by atoms with Gasteiger partial charge in [0.1, 0.15) is 0 Å². The van der Waals surface area contributed by atoms with E-state index >= 15 is 0 Å². The number of hydrogen-bond acceptors (Lipinski definition) is 5. The van der Waals surface area contributed by atoms with Gasteiger partial charge in [0.25, 0.3) is 0 Å². The number of aromatic nitrogens is 4. The van der Waals surface area contributed by atoms with E-state index < -0.39 is 0 Å². The Bertz CT molecular complexity index is 1120. The van der Waals surface area contributed by atoms with Gasteiger partial charge in [-0.3, -0.25) is 5.10 Å². The lowest BCUT2D eigenvalue weighted by molar-refractivity contribution is 1.10. The molecule has 0 radical (unpaired) electrons. The van der Waals surface area contributed by atoms with Gasteiger partial charge >= 0.3 is 0 Å². The van der Waals surface area contributed by atoms with Crippen LogP contribution in [0.3, 0.4) is 0 Å². The predicted molar refractivity (Wildman–Crippen MR) is 114 cm³/mol. The molecule has 0 bridgehead atoms. The summed E-state index contributed by atoms with van der Waals surface area (Å²) in [6.45, 7) is 0. The highest BCUT2D eigenvalue weighted by Crippen LogP contribution is 2.33. The monoisotopic (exact) mass is 390 g/mol. The maximum absolute atomic E-state index is 6.01. The molecule has 7 heteroatoms. The molecule has 4 aromatic rings. The summed E-state index contributed by atoms with van der Waals surface area (Å²) in [5.74, 6) is 0.629. The lowest BCUT2D eigenvalue weighted by atomic mass is 10.1. The molecule has 0 saturated carbocycles. The zero-order valence-corrected chi connectivity index (χ0v) is 16.3. The van der Waals surface area contributed by atoms with Gasteiger partial charge in [-0.05, 0) is 36.4 Å². The van der Waals surface area contributed by atoms with Crippen molar-refractivity contribution in [3.63, 3.8) is 0 Å². The van der Waals surface area contributed by atoms with Crippen molar-refractivity contribution in [2.24, 2.45) is 0 Å². The molecule has 0 aliphatic carbocycles. The normalized spacial score (nSPS) is 10.8. The maximum Gasteiger partial charge on any atom is 0.161 e. The number of hydrogen-bond donors (Lipinski definition) is 2. The van der Waals surface area contributed by atoms with Gasteiger partial charge in [-0.2, -0.15) is 5.10 Å². The van der Waals surface area contributed by atoms with Crippen molar-refractivity contribution in [1.82, 2.24) is 20.2 Å². The molecule has 2 aromatic carbocycles. The molecule has 0 atom stereocenters. The van der Waals surface area contributed by atoms with Gasteiger partial charge in [-0.1, -0.05) is 23.7 Å². The Morgan fingerprint density at radius 1 is 1.00 bits per heavy atom. The van der Waals surface area contributed by atoms with Crippen molar-refractivity contribution < 1.29 is 0 Å². The highest BCUT2D eigenvalue weighted by molar-refractivity contribution is 6.30. The number of anilines is 2. The van der Waals surface area contributed by atoms with Gasteiger partial charge in [0.2, 0.25) is 0 Å². The number of H-pyrrole nitrogens is 1. The number of nitrogen functional groups attached to an aromatic ring is 1. The van der Waals surface area contributed by atoms with E-state index in [1.165, 1.54) is 0 Å². The summed E-state index contributed by atoms with van der Waals surface area (Å²) in [5, 5.41) is 7.96. The first-order valence-corrected chi connectivity index (χ1v) is 9.10. The van der Waals surface area contributed by atoms with E-state index in [-0.39, 0.29) is 0 Å². The van der Waals surface area contributed by atoms with Crippen LogP contribution in [0.15, 0.2) is 60.9 Å². The molecule has 6 nitrogen and oxygen atoms in total. The zero-order chi connectivity index (χ0) is 19.7. The largest absolute Gasteiger partial charge is 0.399 e. The molecule has 0 spiro atoms. The third-order valence-electron chi connectivity index (χ3n) is 4.45. The summed E-state index contributed by atoms with van der Waals surface area (Å²) in [6.07, 6.45) is 3.53. The van der Waals surface area contributed by atoms with E-state index in [1.807, 2.05) is 67.5 Å². The fraction of sp³-hybridized carbons (Fsp3) is 0.0952. The average molecular weight is 391 g/mol. The second-order valence-electron chi connectivity index (χ2n) is 6.60. The number of halogens is 1. The van der Waals surface area contributed by atoms with Crippen LogP contribution in [0.2, 0.25) is 5.02 Å². The third-order valence-corrected chi connectivity index (χ3v) is 4.70. The van der Waals surface area contributed by atoms with E-state index in [4.69, 9.17) is 22.3 Å². The zero-order valence-electron chi connectivity index (χ0n) is 15.5. The number of benzene rings is 2. The highest BCUT2D eigenvalue weighted by atomic mass is 35.5. The Balaban J connectivity index is 1.80. The van der Waals surface area contributed by atoms with E-state index in [9.17, 15) is 0 Å². The van der Waals surface area contributed by atoms with E-state index in [0.717, 1.165) is 33.8 Å². The van der Waals surface area contributed by atoms with Gasteiger partial charge in [-0.15, -0.1) is 0 Å². The van der Waals surface area contributed by atoms with Crippen molar-refractivity contribution in [2.45, 2.75) is 0 Å². The van der Waals surface area contributed by atoms with Crippen LogP contribution in [0.4, 0.5) is 11.4 Å². The summed E-state index contributed by atoms with van der Waals surface area (Å²) < 4.78 is 0. The van der Waals surface area contributed by atoms with Crippen LogP contribution < -0.4 is 10.6 Å². The molecule has 0 aliphatic rings. The third kappa shape index (κ3) is 3.42. The van der Waals surface area contributed by atoms with Crippen LogP contribution >= 0.6 is 11.6 Å². The number of rotatable bonds is 4. The first-order chi connectivity index (χ1) is 13.5. The topological polar surface area (TPSA) is 83.7 Å². The van der Waals surface area contributed by atoms with Crippen LogP contribution in [0.25, 0.3) is 33.9 Å². The van der Waals surface area contributed by atoms with E-state index in [2.05, 4.69) is 15.2 Å². The fourth-order valence-electron chi connectivity index (χ4n) is 3.06. The molecule has 3 N–H and O–H groups in total. The standard InChI is InChI=1S/C21H19ClN6/c1-28(2)19-11-15(23)7-8-16(19)21-24-10-9-18(26-21)17-12-25-27-20(17)13-3-5-14(22)6-4-13/h3-12H,23H2,1-2H3,(H,25,27). The Kier molecular flexibility index (Phi) is 4.71. The first-order valence-electron chi connectivity index (χ1n) is 8.73. The molecule has 2 heterocycles. The van der Waals surface area contributed by atoms with Gasteiger partial charge in [0, 0.05) is 53.4 Å². The SMILES string of the molecule is CN(C)c1cc(N)ccc1-c1nccc(-c2cn[nH]c2-c2ccc(Cl)cc2)n1. The van der Waals surface area contributed by atoms with Crippen LogP contribution in [0.5, 0.6) is 0 Å². The first kappa shape index (κ1) is 18.0.